The van der Waals surface area contributed by atoms with Gasteiger partial charge in [-0.05, 0) is 43.4 Å². The third kappa shape index (κ3) is 8.63. The van der Waals surface area contributed by atoms with Crippen molar-refractivity contribution in [1.82, 2.24) is 36.1 Å². The Balaban J connectivity index is 1.54. The highest BCUT2D eigenvalue weighted by molar-refractivity contribution is 6.38. The molecule has 3 aliphatic rings. The van der Waals surface area contributed by atoms with Gasteiger partial charge < -0.3 is 26.2 Å². The third-order valence-electron chi connectivity index (χ3n) is 8.94. The number of aromatic nitrogens is 2. The summed E-state index contributed by atoms with van der Waals surface area (Å²) in [5.74, 6) is -7.67. The molecule has 7 atom stereocenters. The van der Waals surface area contributed by atoms with Crippen LogP contribution in [0, 0.1) is 23.7 Å². The van der Waals surface area contributed by atoms with Gasteiger partial charge in [0.1, 0.15) is 36.0 Å². The number of fused-ring (bicyclic) bond motifs is 1. The molecule has 0 radical (unpaired) electrons. The van der Waals surface area contributed by atoms with Gasteiger partial charge in [-0.15, -0.1) is 0 Å². The highest BCUT2D eigenvalue weighted by Crippen LogP contribution is 2.44. The van der Waals surface area contributed by atoms with Crippen LogP contribution in [0.4, 0.5) is 13.2 Å². The maximum atomic E-state index is 15.0. The number of nitrogens with zero attached hydrogens (tertiary/aromatic N) is 3. The van der Waals surface area contributed by atoms with E-state index in [2.05, 4.69) is 31.2 Å². The van der Waals surface area contributed by atoms with Crippen LogP contribution in [0.5, 0.6) is 0 Å². The van der Waals surface area contributed by atoms with E-state index in [4.69, 9.17) is 0 Å². The molecular weight excluding hydrogens is 623 g/mol. The first-order valence-corrected chi connectivity index (χ1v) is 15.9. The molecule has 13 nitrogen and oxygen atoms in total. The van der Waals surface area contributed by atoms with E-state index in [1.165, 1.54) is 18.6 Å². The minimum Gasteiger partial charge on any atom is -0.347 e. The molecule has 2 heterocycles. The number of nitrogens with one attached hydrogen (secondary N) is 4. The van der Waals surface area contributed by atoms with Gasteiger partial charge in [-0.3, -0.25) is 33.8 Å². The molecule has 47 heavy (non-hydrogen) atoms. The fraction of sp³-hybridized carbons (Fsp3) is 0.677. The third-order valence-corrected chi connectivity index (χ3v) is 8.94. The number of alkyl halides is 3. The average molecular weight is 666 g/mol. The van der Waals surface area contributed by atoms with Crippen LogP contribution in [-0.4, -0.2) is 99.5 Å². The van der Waals surface area contributed by atoms with Crippen LogP contribution in [0.3, 0.4) is 0 Å². The molecule has 258 valence electrons. The number of Topliss-reactive ketones (excluding diaryl/α,β-unsaturated/α-hetero) is 1. The Morgan fingerprint density at radius 2 is 1.57 bits per heavy atom. The van der Waals surface area contributed by atoms with Crippen molar-refractivity contribution in [3.05, 3.63) is 24.3 Å². The maximum absolute atomic E-state index is 15.0. The van der Waals surface area contributed by atoms with E-state index in [0.29, 0.717) is 12.8 Å². The van der Waals surface area contributed by atoms with Gasteiger partial charge in [-0.1, -0.05) is 27.7 Å². The summed E-state index contributed by atoms with van der Waals surface area (Å²) >= 11 is 0. The molecule has 1 aromatic heterocycles. The van der Waals surface area contributed by atoms with Gasteiger partial charge in [0, 0.05) is 37.3 Å². The first kappa shape index (κ1) is 35.7. The molecule has 1 aromatic rings. The molecule has 1 saturated heterocycles. The van der Waals surface area contributed by atoms with Crippen molar-refractivity contribution in [2.45, 2.75) is 103 Å². The van der Waals surface area contributed by atoms with Crippen molar-refractivity contribution < 1.29 is 41.9 Å². The van der Waals surface area contributed by atoms with Gasteiger partial charge in [0.25, 0.3) is 11.8 Å². The van der Waals surface area contributed by atoms with Crippen LogP contribution in [0.15, 0.2) is 18.6 Å². The Kier molecular flexibility index (Phi) is 11.6. The first-order valence-electron chi connectivity index (χ1n) is 15.9. The lowest BCUT2D eigenvalue weighted by Gasteiger charge is -2.33. The summed E-state index contributed by atoms with van der Waals surface area (Å²) in [6.07, 6.45) is 0.123. The van der Waals surface area contributed by atoms with E-state index in [0.717, 1.165) is 4.90 Å². The zero-order chi connectivity index (χ0) is 34.6. The second-order valence-electron chi connectivity index (χ2n) is 13.2. The number of hydrogen-bond acceptors (Lipinski definition) is 8. The van der Waals surface area contributed by atoms with Crippen LogP contribution in [0.1, 0.15) is 70.3 Å². The molecule has 3 unspecified atom stereocenters. The number of carbonyl (C=O) groups excluding carboxylic acids is 6. The molecule has 1 aliphatic heterocycles. The fourth-order valence-electron chi connectivity index (χ4n) is 6.24. The van der Waals surface area contributed by atoms with Gasteiger partial charge >= 0.3 is 0 Å². The number of amides is 5. The summed E-state index contributed by atoms with van der Waals surface area (Å²) in [7, 11) is 0. The molecule has 0 aromatic carbocycles. The lowest BCUT2D eigenvalue weighted by atomic mass is 9.92. The van der Waals surface area contributed by atoms with Gasteiger partial charge in [-0.2, -0.15) is 0 Å². The maximum Gasteiger partial charge on any atom is 0.289 e. The number of rotatable bonds is 14. The van der Waals surface area contributed by atoms with E-state index in [9.17, 15) is 41.9 Å². The van der Waals surface area contributed by atoms with Crippen LogP contribution in [0.25, 0.3) is 0 Å². The number of likely N-dealkylation sites (tertiary alicyclic amines) is 1. The van der Waals surface area contributed by atoms with Crippen LogP contribution >= 0.6 is 0 Å². The van der Waals surface area contributed by atoms with Crippen molar-refractivity contribution in [1.29, 1.82) is 0 Å². The van der Waals surface area contributed by atoms with Crippen LogP contribution in [-0.2, 0) is 24.0 Å². The summed E-state index contributed by atoms with van der Waals surface area (Å²) < 4.78 is 41.9. The zero-order valence-electron chi connectivity index (χ0n) is 26.8. The highest BCUT2D eigenvalue weighted by atomic mass is 19.3. The first-order chi connectivity index (χ1) is 22.2. The summed E-state index contributed by atoms with van der Waals surface area (Å²) in [4.78, 5) is 88.2. The molecule has 4 rings (SSSR count). The molecule has 0 bridgehead atoms. The minimum absolute atomic E-state index is 0.0191. The Morgan fingerprint density at radius 3 is 2.15 bits per heavy atom. The summed E-state index contributed by atoms with van der Waals surface area (Å²) in [6.45, 7) is 6.53. The lowest BCUT2D eigenvalue weighted by Crippen LogP contribution is -2.60. The van der Waals surface area contributed by atoms with E-state index < -0.39 is 102 Å². The Bertz CT molecular complexity index is 1350. The van der Waals surface area contributed by atoms with E-state index >= 15 is 0 Å². The largest absolute Gasteiger partial charge is 0.347 e. The zero-order valence-corrected chi connectivity index (χ0v) is 26.8. The molecule has 5 amide bonds. The molecular formula is C31H42F3N7O6. The quantitative estimate of drug-likeness (QED) is 0.212. The second kappa shape index (κ2) is 15.2. The molecule has 0 spiro atoms. The van der Waals surface area contributed by atoms with Gasteiger partial charge in [0.15, 0.2) is 0 Å². The minimum atomic E-state index is -3.03. The molecule has 16 heteroatoms. The van der Waals surface area contributed by atoms with Gasteiger partial charge in [0.2, 0.25) is 29.9 Å². The Hall–Kier alpha value is -4.11. The predicted octanol–water partition coefficient (Wildman–Crippen LogP) is 0.935. The second-order valence-corrected chi connectivity index (χ2v) is 13.2. The number of carbonyl (C=O) groups is 6. The Labute approximate surface area is 270 Å². The summed E-state index contributed by atoms with van der Waals surface area (Å²) in [5.41, 5.74) is -0.0191. The molecule has 3 fully saturated rings. The van der Waals surface area contributed by atoms with Gasteiger partial charge in [-0.25, -0.2) is 18.2 Å². The number of ketones is 1. The average Bonchev–Trinajstić information content (AvgIpc) is 3.64. The summed E-state index contributed by atoms with van der Waals surface area (Å²) in [6, 6.07) is -5.72. The number of hydrogen-bond donors (Lipinski definition) is 4. The fourth-order valence-corrected chi connectivity index (χ4v) is 6.24. The van der Waals surface area contributed by atoms with Crippen molar-refractivity contribution in [3.8, 4) is 0 Å². The number of halogens is 3. The van der Waals surface area contributed by atoms with Crippen LogP contribution in [0.2, 0.25) is 0 Å². The Morgan fingerprint density at radius 1 is 0.894 bits per heavy atom. The van der Waals surface area contributed by atoms with Gasteiger partial charge in [0.05, 0.1) is 6.20 Å². The monoisotopic (exact) mass is 665 g/mol. The van der Waals surface area contributed by atoms with Crippen molar-refractivity contribution in [2.24, 2.45) is 23.7 Å². The van der Waals surface area contributed by atoms with E-state index in [-0.39, 0.29) is 31.1 Å². The molecule has 2 aliphatic carbocycles. The normalized spacial score (nSPS) is 24.0. The van der Waals surface area contributed by atoms with E-state index in [1.54, 1.807) is 27.7 Å². The molecule has 4 N–H and O–H groups in total. The molecule has 2 saturated carbocycles. The topological polar surface area (TPSA) is 180 Å². The van der Waals surface area contributed by atoms with Crippen molar-refractivity contribution in [2.75, 3.05) is 6.54 Å². The van der Waals surface area contributed by atoms with E-state index in [1.807, 2.05) is 0 Å². The van der Waals surface area contributed by atoms with Crippen molar-refractivity contribution >= 4 is 35.3 Å². The van der Waals surface area contributed by atoms with Crippen molar-refractivity contribution in [3.63, 3.8) is 0 Å². The lowest BCUT2D eigenvalue weighted by molar-refractivity contribution is -0.145. The predicted molar refractivity (Wildman–Crippen MR) is 160 cm³/mol. The standard InChI is InChI=1S/C31H42F3N7O6/c1-14(2)23(39-27(43)21-12-35-9-10-36-21)28(44)40-24(15(3)4)31(47)41-13-18-17(7-8-19(18)32)25(41)29(45)38-20(11-22(33)34)26(42)30(46)37-16-5-6-16/h9-10,12,14-20,22-25H,5-8,11,13H2,1-4H3,(H,37,46)(H,38,45)(H,39,43)(H,40,44)/t17-,18-,19-,20?,23+,24?,25?/m0/s1. The SMILES string of the molecule is CC(C)C(NC(=O)[C@H](NC(=O)c1cnccn1)C(C)C)C(=O)N1C[C@H]2[C@H](CC[C@@H]2F)C1C(=O)NC(CC(F)F)C(=O)C(=O)NC1CC1. The summed E-state index contributed by atoms with van der Waals surface area (Å²) in [5, 5.41) is 9.98. The highest BCUT2D eigenvalue weighted by Gasteiger charge is 2.55. The smallest absolute Gasteiger partial charge is 0.289 e. The van der Waals surface area contributed by atoms with Crippen LogP contribution < -0.4 is 21.3 Å².